The minimum Gasteiger partial charge on any atom is -0.494 e. The number of rotatable bonds is 4. The summed E-state index contributed by atoms with van der Waals surface area (Å²) in [5.74, 6) is 1.35. The molecule has 1 aliphatic rings. The van der Waals surface area contributed by atoms with Gasteiger partial charge in [0.1, 0.15) is 5.82 Å². The first-order chi connectivity index (χ1) is 11.2. The van der Waals surface area contributed by atoms with E-state index in [0.717, 1.165) is 49.6 Å². The monoisotopic (exact) mass is 315 g/mol. The standard InChI is InChI=1S/C18H22FN3O/c1-13-20-8-5-17(21-13)15-6-9-22(10-7-15)12-14-3-4-16(19)18(11-14)23-2/h3-5,8,11,15H,6-7,9-10,12H2,1-2H3. The van der Waals surface area contributed by atoms with E-state index in [0.29, 0.717) is 11.7 Å². The molecule has 0 radical (unpaired) electrons. The van der Waals surface area contributed by atoms with Crippen molar-refractivity contribution in [2.75, 3.05) is 20.2 Å². The predicted octanol–water partition coefficient (Wildman–Crippen LogP) is 3.31. The molecule has 0 spiro atoms. The molecule has 1 saturated heterocycles. The summed E-state index contributed by atoms with van der Waals surface area (Å²) in [7, 11) is 1.50. The summed E-state index contributed by atoms with van der Waals surface area (Å²) in [5, 5.41) is 0. The van der Waals surface area contributed by atoms with Gasteiger partial charge in [-0.3, -0.25) is 4.90 Å². The number of ether oxygens (including phenoxy) is 1. The molecule has 2 aromatic rings. The molecule has 5 heteroatoms. The Kier molecular flexibility index (Phi) is 4.86. The largest absolute Gasteiger partial charge is 0.494 e. The van der Waals surface area contributed by atoms with Gasteiger partial charge in [0.05, 0.1) is 7.11 Å². The van der Waals surface area contributed by atoms with Crippen LogP contribution < -0.4 is 4.74 Å². The van der Waals surface area contributed by atoms with E-state index in [9.17, 15) is 4.39 Å². The number of aromatic nitrogens is 2. The zero-order valence-electron chi connectivity index (χ0n) is 13.6. The number of halogens is 1. The number of benzene rings is 1. The van der Waals surface area contributed by atoms with Crippen LogP contribution >= 0.6 is 0 Å². The van der Waals surface area contributed by atoms with Crippen molar-refractivity contribution in [1.29, 1.82) is 0 Å². The number of methoxy groups -OCH3 is 1. The molecule has 1 fully saturated rings. The lowest BCUT2D eigenvalue weighted by Gasteiger charge is -2.31. The Morgan fingerprint density at radius 3 is 2.74 bits per heavy atom. The van der Waals surface area contributed by atoms with Crippen LogP contribution in [0.2, 0.25) is 0 Å². The molecule has 3 rings (SSSR count). The Bertz CT molecular complexity index is 669. The molecule has 23 heavy (non-hydrogen) atoms. The molecule has 1 aromatic heterocycles. The van der Waals surface area contributed by atoms with Crippen molar-refractivity contribution in [3.8, 4) is 5.75 Å². The second kappa shape index (κ2) is 7.04. The average Bonchev–Trinajstić information content (AvgIpc) is 2.57. The summed E-state index contributed by atoms with van der Waals surface area (Å²) in [6, 6.07) is 7.12. The molecule has 0 saturated carbocycles. The SMILES string of the molecule is COc1cc(CN2CCC(c3ccnc(C)n3)CC2)ccc1F. The van der Waals surface area contributed by atoms with Crippen LogP contribution in [0.5, 0.6) is 5.75 Å². The highest BCUT2D eigenvalue weighted by molar-refractivity contribution is 5.30. The van der Waals surface area contributed by atoms with Crippen molar-refractivity contribution in [2.24, 2.45) is 0 Å². The van der Waals surface area contributed by atoms with E-state index < -0.39 is 0 Å². The average molecular weight is 315 g/mol. The van der Waals surface area contributed by atoms with E-state index >= 15 is 0 Å². The fourth-order valence-electron chi connectivity index (χ4n) is 3.15. The Morgan fingerprint density at radius 2 is 2.04 bits per heavy atom. The third kappa shape index (κ3) is 3.85. The highest BCUT2D eigenvalue weighted by Crippen LogP contribution is 2.28. The van der Waals surface area contributed by atoms with E-state index in [1.807, 2.05) is 25.3 Å². The van der Waals surface area contributed by atoms with E-state index in [1.54, 1.807) is 6.07 Å². The molecule has 2 heterocycles. The summed E-state index contributed by atoms with van der Waals surface area (Å²) in [6.07, 6.45) is 4.03. The first-order valence-electron chi connectivity index (χ1n) is 8.00. The van der Waals surface area contributed by atoms with Crippen molar-refractivity contribution in [2.45, 2.75) is 32.2 Å². The van der Waals surface area contributed by atoms with Gasteiger partial charge in [0.25, 0.3) is 0 Å². The molecular weight excluding hydrogens is 293 g/mol. The van der Waals surface area contributed by atoms with Gasteiger partial charge in [0.2, 0.25) is 0 Å². The van der Waals surface area contributed by atoms with Crippen molar-refractivity contribution < 1.29 is 9.13 Å². The van der Waals surface area contributed by atoms with Crippen LogP contribution in [0.25, 0.3) is 0 Å². The molecule has 0 N–H and O–H groups in total. The zero-order chi connectivity index (χ0) is 16.2. The van der Waals surface area contributed by atoms with Crippen LogP contribution in [0.4, 0.5) is 4.39 Å². The maximum Gasteiger partial charge on any atom is 0.165 e. The Hall–Kier alpha value is -2.01. The van der Waals surface area contributed by atoms with Gasteiger partial charge < -0.3 is 4.74 Å². The maximum atomic E-state index is 13.5. The summed E-state index contributed by atoms with van der Waals surface area (Å²) >= 11 is 0. The fourth-order valence-corrected chi connectivity index (χ4v) is 3.15. The third-order valence-electron chi connectivity index (χ3n) is 4.43. The number of piperidine rings is 1. The first kappa shape index (κ1) is 15.9. The minimum absolute atomic E-state index is 0.311. The van der Waals surface area contributed by atoms with Gasteiger partial charge in [-0.1, -0.05) is 6.07 Å². The third-order valence-corrected chi connectivity index (χ3v) is 4.43. The van der Waals surface area contributed by atoms with Crippen LogP contribution in [0.15, 0.2) is 30.5 Å². The molecule has 0 amide bonds. The van der Waals surface area contributed by atoms with Gasteiger partial charge in [-0.15, -0.1) is 0 Å². The van der Waals surface area contributed by atoms with Gasteiger partial charge in [-0.05, 0) is 56.6 Å². The quantitative estimate of drug-likeness (QED) is 0.867. The highest BCUT2D eigenvalue weighted by Gasteiger charge is 2.22. The van der Waals surface area contributed by atoms with Crippen molar-refractivity contribution in [3.63, 3.8) is 0 Å². The molecule has 0 atom stereocenters. The van der Waals surface area contributed by atoms with Crippen LogP contribution in [0.3, 0.4) is 0 Å². The Labute approximate surface area is 136 Å². The van der Waals surface area contributed by atoms with Gasteiger partial charge in [0, 0.05) is 24.4 Å². The van der Waals surface area contributed by atoms with Crippen LogP contribution in [-0.4, -0.2) is 35.1 Å². The highest BCUT2D eigenvalue weighted by atomic mass is 19.1. The van der Waals surface area contributed by atoms with Crippen molar-refractivity contribution in [3.05, 3.63) is 53.4 Å². The first-order valence-corrected chi connectivity index (χ1v) is 8.00. The summed E-state index contributed by atoms with van der Waals surface area (Å²) in [4.78, 5) is 11.1. The summed E-state index contributed by atoms with van der Waals surface area (Å²) in [6.45, 7) is 4.80. The number of aryl methyl sites for hydroxylation is 1. The molecule has 4 nitrogen and oxygen atoms in total. The number of nitrogens with zero attached hydrogens (tertiary/aromatic N) is 3. The van der Waals surface area contributed by atoms with Crippen LogP contribution in [0, 0.1) is 12.7 Å². The summed E-state index contributed by atoms with van der Waals surface area (Å²) in [5.41, 5.74) is 2.24. The predicted molar refractivity (Wildman–Crippen MR) is 87.0 cm³/mol. The lowest BCUT2D eigenvalue weighted by atomic mass is 9.93. The number of hydrogen-bond acceptors (Lipinski definition) is 4. The molecule has 0 aliphatic carbocycles. The molecular formula is C18H22FN3O. The van der Waals surface area contributed by atoms with Gasteiger partial charge >= 0.3 is 0 Å². The molecule has 1 aliphatic heterocycles. The van der Waals surface area contributed by atoms with Gasteiger partial charge in [-0.2, -0.15) is 0 Å². The second-order valence-corrected chi connectivity index (χ2v) is 6.05. The topological polar surface area (TPSA) is 38.2 Å². The molecule has 0 bridgehead atoms. The van der Waals surface area contributed by atoms with Gasteiger partial charge in [0.15, 0.2) is 11.6 Å². The number of hydrogen-bond donors (Lipinski definition) is 0. The van der Waals surface area contributed by atoms with Crippen molar-refractivity contribution >= 4 is 0 Å². The fraction of sp³-hybridized carbons (Fsp3) is 0.444. The molecule has 122 valence electrons. The summed E-state index contributed by atoms with van der Waals surface area (Å²) < 4.78 is 18.5. The smallest absolute Gasteiger partial charge is 0.165 e. The normalized spacial score (nSPS) is 16.5. The maximum absolute atomic E-state index is 13.5. The zero-order valence-corrected chi connectivity index (χ0v) is 13.6. The van der Waals surface area contributed by atoms with Crippen molar-refractivity contribution in [1.82, 2.24) is 14.9 Å². The lowest BCUT2D eigenvalue weighted by Crippen LogP contribution is -2.32. The Balaban J connectivity index is 1.59. The van der Waals surface area contributed by atoms with E-state index in [1.165, 1.54) is 13.2 Å². The van der Waals surface area contributed by atoms with E-state index in [4.69, 9.17) is 4.74 Å². The second-order valence-electron chi connectivity index (χ2n) is 6.05. The van der Waals surface area contributed by atoms with E-state index in [-0.39, 0.29) is 5.82 Å². The van der Waals surface area contributed by atoms with Crippen LogP contribution in [0.1, 0.15) is 35.8 Å². The van der Waals surface area contributed by atoms with Crippen LogP contribution in [-0.2, 0) is 6.54 Å². The van der Waals surface area contributed by atoms with E-state index in [2.05, 4.69) is 14.9 Å². The van der Waals surface area contributed by atoms with Gasteiger partial charge in [-0.25, -0.2) is 14.4 Å². The minimum atomic E-state index is -0.311. The lowest BCUT2D eigenvalue weighted by molar-refractivity contribution is 0.203. The molecule has 1 aromatic carbocycles. The molecule has 0 unspecified atom stereocenters. The number of likely N-dealkylation sites (tertiary alicyclic amines) is 1. The Morgan fingerprint density at radius 1 is 1.26 bits per heavy atom.